The Balaban J connectivity index is 1.86. The number of hydrogen-bond acceptors (Lipinski definition) is 5. The van der Waals surface area contributed by atoms with Crippen molar-refractivity contribution in [3.8, 4) is 17.3 Å². The Morgan fingerprint density at radius 3 is 2.92 bits per heavy atom. The molecule has 0 aliphatic carbocycles. The molecule has 1 amide bonds. The molecule has 7 heteroatoms. The maximum atomic E-state index is 12.1. The molecule has 24 heavy (non-hydrogen) atoms. The largest absolute Gasteiger partial charge is 0.481 e. The van der Waals surface area contributed by atoms with Gasteiger partial charge in [0.05, 0.1) is 24.2 Å². The van der Waals surface area contributed by atoms with Crippen LogP contribution in [0.5, 0.6) is 5.88 Å². The molecule has 0 spiro atoms. The molecule has 7 nitrogen and oxygen atoms in total. The SMILES string of the molecule is COc1cccc(C2CC(=O)Nc3n[nH]c(-c4ccccn4)c32)n1. The van der Waals surface area contributed by atoms with Crippen molar-refractivity contribution in [1.29, 1.82) is 0 Å². The van der Waals surface area contributed by atoms with E-state index in [0.717, 1.165) is 22.6 Å². The van der Waals surface area contributed by atoms with Crippen LogP contribution >= 0.6 is 0 Å². The number of carbonyl (C=O) groups excluding carboxylic acids is 1. The number of H-pyrrole nitrogens is 1. The van der Waals surface area contributed by atoms with Crippen LogP contribution in [0.4, 0.5) is 5.82 Å². The van der Waals surface area contributed by atoms with E-state index in [1.807, 2.05) is 30.3 Å². The van der Waals surface area contributed by atoms with Crippen LogP contribution in [0.1, 0.15) is 23.6 Å². The summed E-state index contributed by atoms with van der Waals surface area (Å²) in [6, 6.07) is 11.2. The fourth-order valence-corrected chi connectivity index (χ4v) is 2.95. The molecule has 1 unspecified atom stereocenters. The Morgan fingerprint density at radius 2 is 2.12 bits per heavy atom. The predicted octanol–water partition coefficient (Wildman–Crippen LogP) is 2.35. The van der Waals surface area contributed by atoms with Gasteiger partial charge >= 0.3 is 0 Å². The number of anilines is 1. The van der Waals surface area contributed by atoms with Gasteiger partial charge in [0.1, 0.15) is 0 Å². The maximum absolute atomic E-state index is 12.1. The van der Waals surface area contributed by atoms with E-state index in [1.165, 1.54) is 0 Å². The van der Waals surface area contributed by atoms with Gasteiger partial charge in [-0.3, -0.25) is 14.9 Å². The van der Waals surface area contributed by atoms with Crippen molar-refractivity contribution in [2.75, 3.05) is 12.4 Å². The molecule has 0 radical (unpaired) electrons. The molecule has 1 atom stereocenters. The Hall–Kier alpha value is -3.22. The molecule has 0 aromatic carbocycles. The predicted molar refractivity (Wildman–Crippen MR) is 87.7 cm³/mol. The highest BCUT2D eigenvalue weighted by atomic mass is 16.5. The van der Waals surface area contributed by atoms with E-state index < -0.39 is 0 Å². The number of aromatic nitrogens is 4. The number of ether oxygens (including phenoxy) is 1. The number of hydrogen-bond donors (Lipinski definition) is 2. The Kier molecular flexibility index (Phi) is 3.45. The second kappa shape index (κ2) is 5.77. The quantitative estimate of drug-likeness (QED) is 0.772. The first-order valence-corrected chi connectivity index (χ1v) is 7.56. The molecule has 0 saturated heterocycles. The van der Waals surface area contributed by atoms with E-state index in [1.54, 1.807) is 19.4 Å². The first-order chi connectivity index (χ1) is 11.8. The first kappa shape index (κ1) is 14.4. The monoisotopic (exact) mass is 321 g/mol. The average Bonchev–Trinajstić information content (AvgIpc) is 3.05. The second-order valence-electron chi connectivity index (χ2n) is 5.49. The highest BCUT2D eigenvalue weighted by Crippen LogP contribution is 2.40. The van der Waals surface area contributed by atoms with E-state index in [2.05, 4.69) is 25.5 Å². The van der Waals surface area contributed by atoms with Gasteiger partial charge in [-0.1, -0.05) is 12.1 Å². The van der Waals surface area contributed by atoms with Crippen molar-refractivity contribution >= 4 is 11.7 Å². The van der Waals surface area contributed by atoms with E-state index >= 15 is 0 Å². The van der Waals surface area contributed by atoms with Crippen LogP contribution in [0.25, 0.3) is 11.4 Å². The third kappa shape index (κ3) is 2.40. The Bertz CT molecular complexity index is 891. The number of methoxy groups -OCH3 is 1. The normalized spacial score (nSPS) is 16.4. The highest BCUT2D eigenvalue weighted by Gasteiger charge is 2.33. The summed E-state index contributed by atoms with van der Waals surface area (Å²) in [5, 5.41) is 10.1. The number of carbonyl (C=O) groups is 1. The minimum Gasteiger partial charge on any atom is -0.481 e. The highest BCUT2D eigenvalue weighted by molar-refractivity contribution is 5.95. The molecule has 120 valence electrons. The van der Waals surface area contributed by atoms with Gasteiger partial charge in [-0.25, -0.2) is 4.98 Å². The Morgan fingerprint density at radius 1 is 1.21 bits per heavy atom. The van der Waals surface area contributed by atoms with Crippen LogP contribution in [0.15, 0.2) is 42.6 Å². The smallest absolute Gasteiger partial charge is 0.226 e. The van der Waals surface area contributed by atoms with Crippen LogP contribution in [-0.2, 0) is 4.79 Å². The van der Waals surface area contributed by atoms with Crippen LogP contribution in [0.3, 0.4) is 0 Å². The summed E-state index contributed by atoms with van der Waals surface area (Å²) in [7, 11) is 1.57. The number of rotatable bonds is 3. The lowest BCUT2D eigenvalue weighted by Gasteiger charge is -2.22. The van der Waals surface area contributed by atoms with Crippen LogP contribution in [0.2, 0.25) is 0 Å². The van der Waals surface area contributed by atoms with E-state index in [-0.39, 0.29) is 11.8 Å². The fraction of sp³-hybridized carbons (Fsp3) is 0.176. The summed E-state index contributed by atoms with van der Waals surface area (Å²) in [6.07, 6.45) is 2.02. The average molecular weight is 321 g/mol. The van der Waals surface area contributed by atoms with E-state index in [4.69, 9.17) is 4.74 Å². The third-order valence-electron chi connectivity index (χ3n) is 4.03. The summed E-state index contributed by atoms with van der Waals surface area (Å²) < 4.78 is 5.21. The van der Waals surface area contributed by atoms with Gasteiger partial charge in [-0.2, -0.15) is 5.10 Å². The molecule has 0 saturated carbocycles. The van der Waals surface area contributed by atoms with Crippen molar-refractivity contribution in [3.63, 3.8) is 0 Å². The number of nitrogens with one attached hydrogen (secondary N) is 2. The lowest BCUT2D eigenvalue weighted by Crippen LogP contribution is -2.24. The molecule has 3 aromatic rings. The van der Waals surface area contributed by atoms with Crippen LogP contribution in [-0.4, -0.2) is 33.2 Å². The Labute approximate surface area is 138 Å². The van der Waals surface area contributed by atoms with Crippen molar-refractivity contribution in [2.24, 2.45) is 0 Å². The maximum Gasteiger partial charge on any atom is 0.226 e. The standard InChI is InChI=1S/C17H15N5O2/c1-24-14-7-4-6-11(19-14)10-9-13(23)20-17-15(10)16(21-22-17)12-5-2-3-8-18-12/h2-8,10H,9H2,1H3,(H2,20,21,22,23). The number of aromatic amines is 1. The van der Waals surface area contributed by atoms with Crippen molar-refractivity contribution in [3.05, 3.63) is 53.9 Å². The zero-order chi connectivity index (χ0) is 16.5. The van der Waals surface area contributed by atoms with Crippen molar-refractivity contribution in [1.82, 2.24) is 20.2 Å². The number of amides is 1. The fourth-order valence-electron chi connectivity index (χ4n) is 2.95. The van der Waals surface area contributed by atoms with Gasteiger partial charge < -0.3 is 10.1 Å². The van der Waals surface area contributed by atoms with Gasteiger partial charge in [-0.05, 0) is 18.2 Å². The summed E-state index contributed by atoms with van der Waals surface area (Å²) >= 11 is 0. The minimum atomic E-state index is -0.209. The lowest BCUT2D eigenvalue weighted by molar-refractivity contribution is -0.116. The van der Waals surface area contributed by atoms with Gasteiger partial charge in [0.25, 0.3) is 0 Å². The topological polar surface area (TPSA) is 92.8 Å². The molecule has 2 N–H and O–H groups in total. The van der Waals surface area contributed by atoms with E-state index in [9.17, 15) is 4.79 Å². The second-order valence-corrected chi connectivity index (χ2v) is 5.49. The zero-order valence-corrected chi connectivity index (χ0v) is 13.0. The molecule has 1 aliphatic rings. The summed E-state index contributed by atoms with van der Waals surface area (Å²) in [4.78, 5) is 20.9. The van der Waals surface area contributed by atoms with Gasteiger partial charge in [0, 0.05) is 30.2 Å². The number of nitrogens with zero attached hydrogens (tertiary/aromatic N) is 3. The van der Waals surface area contributed by atoms with Crippen LogP contribution < -0.4 is 10.1 Å². The first-order valence-electron chi connectivity index (χ1n) is 7.56. The van der Waals surface area contributed by atoms with Gasteiger partial charge in [0.2, 0.25) is 11.8 Å². The molecule has 3 aromatic heterocycles. The molecule has 4 heterocycles. The molecular formula is C17H15N5O2. The zero-order valence-electron chi connectivity index (χ0n) is 13.0. The van der Waals surface area contributed by atoms with Crippen molar-refractivity contribution < 1.29 is 9.53 Å². The van der Waals surface area contributed by atoms with Gasteiger partial charge in [0.15, 0.2) is 5.82 Å². The third-order valence-corrected chi connectivity index (χ3v) is 4.03. The summed E-state index contributed by atoms with van der Waals surface area (Å²) in [5.74, 6) is 0.750. The van der Waals surface area contributed by atoms with Crippen LogP contribution in [0, 0.1) is 0 Å². The summed E-state index contributed by atoms with van der Waals surface area (Å²) in [6.45, 7) is 0. The molecule has 0 bridgehead atoms. The summed E-state index contributed by atoms with van der Waals surface area (Å²) in [5.41, 5.74) is 3.23. The molecule has 1 aliphatic heterocycles. The molecule has 4 rings (SSSR count). The van der Waals surface area contributed by atoms with Gasteiger partial charge in [-0.15, -0.1) is 0 Å². The lowest BCUT2D eigenvalue weighted by atomic mass is 9.88. The van der Waals surface area contributed by atoms with Crippen molar-refractivity contribution in [2.45, 2.75) is 12.3 Å². The molecular weight excluding hydrogens is 306 g/mol. The number of pyridine rings is 2. The molecule has 0 fully saturated rings. The minimum absolute atomic E-state index is 0.0869. The van der Waals surface area contributed by atoms with E-state index in [0.29, 0.717) is 18.1 Å². The number of fused-ring (bicyclic) bond motifs is 1.